The van der Waals surface area contributed by atoms with Gasteiger partial charge in [0.25, 0.3) is 0 Å². The molecule has 4 unspecified atom stereocenters. The minimum Gasteiger partial charge on any atom is -0.547 e. The first-order valence-electron chi connectivity index (χ1n) is 6.35. The van der Waals surface area contributed by atoms with Crippen LogP contribution < -0.4 is 21.7 Å². The first-order chi connectivity index (χ1) is 9.17. The monoisotopic (exact) mass is 487 g/mol. The van der Waals surface area contributed by atoms with E-state index in [1.54, 1.807) is 0 Å². The van der Waals surface area contributed by atoms with E-state index in [1.807, 2.05) is 0 Å². The minimum atomic E-state index is -1.44. The molecule has 1 fully saturated rings. The number of hydrogen-bond donors (Lipinski definition) is 4. The van der Waals surface area contributed by atoms with Crippen LogP contribution in [0.4, 0.5) is 0 Å². The Bertz CT molecular complexity index is 257. The van der Waals surface area contributed by atoms with Crippen molar-refractivity contribution in [1.29, 1.82) is 0 Å². The summed E-state index contributed by atoms with van der Waals surface area (Å²) in [5.41, 5.74) is 10.9. The molecule has 0 amide bonds. The quantitative estimate of drug-likeness (QED) is 0.312. The van der Waals surface area contributed by atoms with Crippen molar-refractivity contribution >= 4 is 11.9 Å². The number of hydrogen-bond acceptors (Lipinski definition) is 8. The van der Waals surface area contributed by atoms with Crippen molar-refractivity contribution < 1.29 is 51.1 Å². The van der Waals surface area contributed by atoms with Gasteiger partial charge in [-0.25, -0.2) is 0 Å². The maximum Gasteiger partial charge on any atom is 2.00 e. The molecule has 0 aromatic rings. The Balaban J connectivity index is -0.000000231. The molecule has 1 aliphatic rings. The van der Waals surface area contributed by atoms with Gasteiger partial charge < -0.3 is 41.5 Å². The molecule has 6 N–H and O–H groups in total. The smallest absolute Gasteiger partial charge is 0.547 e. The Morgan fingerprint density at radius 1 is 1.00 bits per heavy atom. The van der Waals surface area contributed by atoms with E-state index in [2.05, 4.69) is 0 Å². The zero-order chi connectivity index (χ0) is 16.3. The van der Waals surface area contributed by atoms with Crippen LogP contribution in [-0.2, 0) is 30.7 Å². The van der Waals surface area contributed by atoms with Crippen LogP contribution in [0.3, 0.4) is 0 Å². The van der Waals surface area contributed by atoms with Crippen molar-refractivity contribution in [2.45, 2.75) is 38.9 Å². The van der Waals surface area contributed by atoms with Crippen LogP contribution in [-0.4, -0.2) is 47.4 Å². The summed E-state index contributed by atoms with van der Waals surface area (Å²) >= 11 is 0. The summed E-state index contributed by atoms with van der Waals surface area (Å²) in [5.74, 6) is -1.37. The van der Waals surface area contributed by atoms with Crippen molar-refractivity contribution in [3.05, 3.63) is 0 Å². The summed E-state index contributed by atoms with van der Waals surface area (Å²) in [7, 11) is 0. The molecule has 0 radical (unpaired) electrons. The van der Waals surface area contributed by atoms with E-state index in [4.69, 9.17) is 21.7 Å². The molecule has 1 aliphatic carbocycles. The fourth-order valence-electron chi connectivity index (χ4n) is 1.26. The van der Waals surface area contributed by atoms with Gasteiger partial charge in [-0.3, -0.25) is 0 Å². The Hall–Kier alpha value is -0.532. The van der Waals surface area contributed by atoms with Crippen molar-refractivity contribution in [3.8, 4) is 0 Å². The van der Waals surface area contributed by atoms with Crippen molar-refractivity contribution in [3.63, 3.8) is 0 Å². The summed E-state index contributed by atoms with van der Waals surface area (Å²) in [5, 5.41) is 34.6. The molecular formula is C12H24N2O6Pt. The number of aliphatic hydroxyl groups excluding tert-OH is 2. The molecular weight excluding hydrogens is 463 g/mol. The van der Waals surface area contributed by atoms with E-state index in [1.165, 1.54) is 12.8 Å². The van der Waals surface area contributed by atoms with Gasteiger partial charge in [-0.05, 0) is 51.6 Å². The van der Waals surface area contributed by atoms with Crippen molar-refractivity contribution in [2.75, 3.05) is 13.1 Å². The van der Waals surface area contributed by atoms with Crippen LogP contribution in [0.5, 0.6) is 0 Å². The van der Waals surface area contributed by atoms with Gasteiger partial charge >= 0.3 is 21.1 Å². The topological polar surface area (TPSA) is 173 Å². The normalized spacial score (nSPS) is 21.8. The molecule has 9 heteroatoms. The second-order valence-electron chi connectivity index (χ2n) is 4.56. The third-order valence-corrected chi connectivity index (χ3v) is 2.86. The van der Waals surface area contributed by atoms with Crippen LogP contribution in [0.25, 0.3) is 0 Å². The number of rotatable bonds is 4. The number of aliphatic hydroxyl groups is 2. The Morgan fingerprint density at radius 3 is 1.24 bits per heavy atom. The van der Waals surface area contributed by atoms with Crippen LogP contribution >= 0.6 is 0 Å². The van der Waals surface area contributed by atoms with Crippen LogP contribution in [0.15, 0.2) is 0 Å². The molecule has 0 aliphatic heterocycles. The molecule has 0 saturated heterocycles. The third-order valence-electron chi connectivity index (χ3n) is 2.86. The van der Waals surface area contributed by atoms with E-state index >= 15 is 0 Å². The second-order valence-corrected chi connectivity index (χ2v) is 4.56. The third kappa shape index (κ3) is 14.2. The molecule has 0 aromatic heterocycles. The largest absolute Gasteiger partial charge is 2.00 e. The summed E-state index contributed by atoms with van der Waals surface area (Å²) in [6.07, 6.45) is -0.0773. The summed E-state index contributed by atoms with van der Waals surface area (Å²) in [6, 6.07) is 0. The summed E-state index contributed by atoms with van der Waals surface area (Å²) < 4.78 is 0. The molecule has 1 saturated carbocycles. The van der Waals surface area contributed by atoms with Gasteiger partial charge in [0.05, 0.1) is 24.1 Å². The van der Waals surface area contributed by atoms with E-state index < -0.39 is 24.1 Å². The van der Waals surface area contributed by atoms with Gasteiger partial charge in [-0.15, -0.1) is 0 Å². The van der Waals surface area contributed by atoms with E-state index in [-0.39, 0.29) is 21.1 Å². The number of carboxylic acids is 2. The molecule has 128 valence electrons. The molecule has 4 atom stereocenters. The van der Waals surface area contributed by atoms with Crippen molar-refractivity contribution in [1.82, 2.24) is 0 Å². The number of carboxylic acid groups (broad SMARTS) is 2. The molecule has 0 aromatic carbocycles. The van der Waals surface area contributed by atoms with E-state index in [0.717, 1.165) is 38.8 Å². The van der Waals surface area contributed by atoms with Gasteiger partial charge in [0.15, 0.2) is 0 Å². The van der Waals surface area contributed by atoms with Gasteiger partial charge in [0.1, 0.15) is 0 Å². The molecule has 1 rings (SSSR count). The van der Waals surface area contributed by atoms with Crippen LogP contribution in [0, 0.1) is 11.8 Å². The maximum atomic E-state index is 9.34. The molecule has 8 nitrogen and oxygen atoms in total. The number of aliphatic carboxylic acids is 2. The second kappa shape index (κ2) is 14.4. The summed E-state index contributed by atoms with van der Waals surface area (Å²) in [6.45, 7) is 3.94. The maximum absolute atomic E-state index is 9.34. The van der Waals surface area contributed by atoms with Gasteiger partial charge in [-0.1, -0.05) is 0 Å². The van der Waals surface area contributed by atoms with E-state index in [9.17, 15) is 19.8 Å². The fourth-order valence-corrected chi connectivity index (χ4v) is 1.26. The Kier molecular flexibility index (Phi) is 17.4. The van der Waals surface area contributed by atoms with Gasteiger partial charge in [0, 0.05) is 0 Å². The Morgan fingerprint density at radius 2 is 1.19 bits per heavy atom. The Labute approximate surface area is 138 Å². The standard InChI is InChI=1S/C6H14N2.2C3H6O3.Pt/c7-3-5-1-2-6(5)4-8;2*1-2(4)3(5)6;/h5-6H,1-4,7-8H2;2*2,4H,1H3,(H,5,6);/q;;;+2/p-2. The van der Waals surface area contributed by atoms with E-state index in [0.29, 0.717) is 0 Å². The number of carbonyl (C=O) groups excluding carboxylic acids is 2. The molecule has 21 heavy (non-hydrogen) atoms. The predicted octanol–water partition coefficient (Wildman–Crippen LogP) is -3.84. The zero-order valence-electron chi connectivity index (χ0n) is 12.1. The molecule has 0 bridgehead atoms. The summed E-state index contributed by atoms with van der Waals surface area (Å²) in [4.78, 5) is 18.7. The zero-order valence-corrected chi connectivity index (χ0v) is 14.4. The van der Waals surface area contributed by atoms with Crippen LogP contribution in [0.2, 0.25) is 0 Å². The van der Waals surface area contributed by atoms with Crippen molar-refractivity contribution in [2.24, 2.45) is 23.3 Å². The fraction of sp³-hybridized carbons (Fsp3) is 0.833. The number of nitrogens with two attached hydrogens (primary N) is 2. The molecule has 0 heterocycles. The number of carbonyl (C=O) groups is 2. The SMILES string of the molecule is CC(O)C(=O)[O-].CC(O)C(=O)[O-].NCC1CCC1CN.[Pt+2]. The first kappa shape index (κ1) is 25.4. The first-order valence-corrected chi connectivity index (χ1v) is 6.35. The average molecular weight is 487 g/mol. The minimum absolute atomic E-state index is 0. The van der Waals surface area contributed by atoms with Gasteiger partial charge in [0.2, 0.25) is 0 Å². The molecule has 0 spiro atoms. The van der Waals surface area contributed by atoms with Crippen LogP contribution in [0.1, 0.15) is 26.7 Å². The predicted molar refractivity (Wildman–Crippen MR) is 67.7 cm³/mol. The average Bonchev–Trinajstić information content (AvgIpc) is 2.30. The van der Waals surface area contributed by atoms with Gasteiger partial charge in [-0.2, -0.15) is 0 Å².